The highest BCUT2D eigenvalue weighted by molar-refractivity contribution is 5.93. The Balaban J connectivity index is 1.51. The first-order chi connectivity index (χ1) is 14.2. The Morgan fingerprint density at radius 3 is 2.59 bits per heavy atom. The van der Waals surface area contributed by atoms with E-state index in [0.717, 1.165) is 49.7 Å². The van der Waals surface area contributed by atoms with Crippen molar-refractivity contribution in [1.82, 2.24) is 20.4 Å². The summed E-state index contributed by atoms with van der Waals surface area (Å²) >= 11 is 0. The third kappa shape index (κ3) is 4.91. The van der Waals surface area contributed by atoms with Gasteiger partial charge < -0.3 is 10.1 Å². The molecular formula is C23H26N4O2. The van der Waals surface area contributed by atoms with Crippen molar-refractivity contribution in [1.29, 1.82) is 0 Å². The van der Waals surface area contributed by atoms with E-state index in [2.05, 4.69) is 51.6 Å². The smallest absolute Gasteiger partial charge is 0.269 e. The van der Waals surface area contributed by atoms with Gasteiger partial charge in [-0.2, -0.15) is 5.10 Å². The number of nitrogens with one attached hydrogen (secondary N) is 2. The molecule has 1 saturated heterocycles. The molecule has 2 heterocycles. The summed E-state index contributed by atoms with van der Waals surface area (Å²) in [5.74, 6) is -0.154. The van der Waals surface area contributed by atoms with Crippen molar-refractivity contribution in [3.05, 3.63) is 77.5 Å². The van der Waals surface area contributed by atoms with Crippen LogP contribution in [0.4, 0.5) is 0 Å². The van der Waals surface area contributed by atoms with Crippen molar-refractivity contribution < 1.29 is 9.53 Å². The van der Waals surface area contributed by atoms with Gasteiger partial charge in [0.15, 0.2) is 0 Å². The zero-order valence-electron chi connectivity index (χ0n) is 16.6. The first-order valence-electron chi connectivity index (χ1n) is 9.97. The van der Waals surface area contributed by atoms with Crippen molar-refractivity contribution in [2.45, 2.75) is 13.0 Å². The number of aromatic amines is 1. The number of aryl methyl sites for hydroxylation is 1. The van der Waals surface area contributed by atoms with Crippen LogP contribution in [0, 0.1) is 6.92 Å². The molecule has 0 radical (unpaired) electrons. The monoisotopic (exact) mass is 390 g/mol. The molecule has 0 bridgehead atoms. The maximum atomic E-state index is 13.0. The molecule has 29 heavy (non-hydrogen) atoms. The number of H-pyrrole nitrogens is 1. The number of nitrogens with zero attached hydrogens (tertiary/aromatic N) is 2. The molecule has 6 heteroatoms. The van der Waals surface area contributed by atoms with Crippen LogP contribution in [0.15, 0.2) is 60.7 Å². The standard InChI is InChI=1S/C23H26N4O2/c1-17-7-9-19(10-8-17)22(16-27-11-13-29-14-12-27)24-23(28)21-15-20(25-26-21)18-5-3-2-4-6-18/h2-10,15,22H,11-14,16H2,1H3,(H,24,28)(H,25,26). The van der Waals surface area contributed by atoms with Gasteiger partial charge in [-0.1, -0.05) is 60.2 Å². The Kier molecular flexibility index (Phi) is 6.03. The summed E-state index contributed by atoms with van der Waals surface area (Å²) in [6.45, 7) is 6.03. The zero-order chi connectivity index (χ0) is 20.1. The van der Waals surface area contributed by atoms with Crippen LogP contribution in [0.25, 0.3) is 11.3 Å². The summed E-state index contributed by atoms with van der Waals surface area (Å²) in [4.78, 5) is 15.3. The predicted octanol–water partition coefficient (Wildman–Crippen LogP) is 3.19. The Morgan fingerprint density at radius 2 is 1.86 bits per heavy atom. The second-order valence-corrected chi connectivity index (χ2v) is 7.38. The SMILES string of the molecule is Cc1ccc(C(CN2CCOCC2)NC(=O)c2cc(-c3ccccc3)n[nH]2)cc1. The number of carbonyl (C=O) groups is 1. The average Bonchev–Trinajstić information content (AvgIpc) is 3.26. The van der Waals surface area contributed by atoms with Crippen molar-refractivity contribution in [3.8, 4) is 11.3 Å². The van der Waals surface area contributed by atoms with Gasteiger partial charge in [-0.25, -0.2) is 0 Å². The maximum absolute atomic E-state index is 13.0. The van der Waals surface area contributed by atoms with Gasteiger partial charge in [0, 0.05) is 25.2 Å². The summed E-state index contributed by atoms with van der Waals surface area (Å²) in [6.07, 6.45) is 0. The van der Waals surface area contributed by atoms with Crippen molar-refractivity contribution >= 4 is 5.91 Å². The van der Waals surface area contributed by atoms with E-state index in [9.17, 15) is 4.79 Å². The second-order valence-electron chi connectivity index (χ2n) is 7.38. The van der Waals surface area contributed by atoms with Crippen LogP contribution in [0.3, 0.4) is 0 Å². The van der Waals surface area contributed by atoms with Gasteiger partial charge in [0.1, 0.15) is 5.69 Å². The maximum Gasteiger partial charge on any atom is 0.269 e. The number of hydrogen-bond acceptors (Lipinski definition) is 4. The Hall–Kier alpha value is -2.96. The molecule has 1 aliphatic rings. The Morgan fingerprint density at radius 1 is 1.14 bits per heavy atom. The van der Waals surface area contributed by atoms with Crippen LogP contribution in [0.5, 0.6) is 0 Å². The van der Waals surface area contributed by atoms with Crippen LogP contribution >= 0.6 is 0 Å². The molecule has 0 spiro atoms. The number of benzene rings is 2. The fourth-order valence-corrected chi connectivity index (χ4v) is 3.51. The van der Waals surface area contributed by atoms with Gasteiger partial charge in [0.2, 0.25) is 0 Å². The van der Waals surface area contributed by atoms with E-state index in [4.69, 9.17) is 4.74 Å². The summed E-state index contributed by atoms with van der Waals surface area (Å²) < 4.78 is 5.46. The van der Waals surface area contributed by atoms with E-state index in [0.29, 0.717) is 5.69 Å². The molecule has 1 unspecified atom stereocenters. The van der Waals surface area contributed by atoms with Gasteiger partial charge in [-0.05, 0) is 18.6 Å². The third-order valence-electron chi connectivity index (χ3n) is 5.22. The van der Waals surface area contributed by atoms with Gasteiger partial charge in [0.05, 0.1) is 24.9 Å². The average molecular weight is 390 g/mol. The van der Waals surface area contributed by atoms with Crippen molar-refractivity contribution in [2.75, 3.05) is 32.8 Å². The number of hydrogen-bond donors (Lipinski definition) is 2. The van der Waals surface area contributed by atoms with Gasteiger partial charge in [-0.15, -0.1) is 0 Å². The third-order valence-corrected chi connectivity index (χ3v) is 5.22. The molecule has 150 valence electrons. The van der Waals surface area contributed by atoms with Crippen LogP contribution < -0.4 is 5.32 Å². The lowest BCUT2D eigenvalue weighted by atomic mass is 10.0. The normalized spacial score (nSPS) is 15.8. The molecule has 2 N–H and O–H groups in total. The molecular weight excluding hydrogens is 364 g/mol. The topological polar surface area (TPSA) is 70.2 Å². The van der Waals surface area contributed by atoms with Crippen molar-refractivity contribution in [2.24, 2.45) is 0 Å². The quantitative estimate of drug-likeness (QED) is 0.678. The molecule has 1 atom stereocenters. The molecule has 0 saturated carbocycles. The minimum absolute atomic E-state index is 0.107. The largest absolute Gasteiger partial charge is 0.379 e. The summed E-state index contributed by atoms with van der Waals surface area (Å²) in [7, 11) is 0. The number of morpholine rings is 1. The molecule has 4 rings (SSSR count). The number of carbonyl (C=O) groups excluding carboxylic acids is 1. The molecule has 6 nitrogen and oxygen atoms in total. The lowest BCUT2D eigenvalue weighted by Gasteiger charge is -2.31. The fraction of sp³-hybridized carbons (Fsp3) is 0.304. The van der Waals surface area contributed by atoms with Gasteiger partial charge in [-0.3, -0.25) is 14.8 Å². The van der Waals surface area contributed by atoms with E-state index in [1.807, 2.05) is 30.3 Å². The molecule has 3 aromatic rings. The number of aromatic nitrogens is 2. The highest BCUT2D eigenvalue weighted by atomic mass is 16.5. The lowest BCUT2D eigenvalue weighted by Crippen LogP contribution is -2.43. The predicted molar refractivity (Wildman–Crippen MR) is 113 cm³/mol. The Labute approximate surface area is 170 Å². The summed E-state index contributed by atoms with van der Waals surface area (Å²) in [6, 6.07) is 19.9. The first-order valence-corrected chi connectivity index (χ1v) is 9.97. The van der Waals surface area contributed by atoms with E-state index >= 15 is 0 Å². The van der Waals surface area contributed by atoms with Crippen LogP contribution in [0.2, 0.25) is 0 Å². The molecule has 2 aromatic carbocycles. The van der Waals surface area contributed by atoms with Gasteiger partial charge >= 0.3 is 0 Å². The van der Waals surface area contributed by atoms with Gasteiger partial charge in [0.25, 0.3) is 5.91 Å². The van der Waals surface area contributed by atoms with E-state index in [1.165, 1.54) is 5.56 Å². The summed E-state index contributed by atoms with van der Waals surface area (Å²) in [5, 5.41) is 10.4. The Bertz CT molecular complexity index is 931. The molecule has 1 aliphatic heterocycles. The minimum atomic E-state index is -0.154. The number of amides is 1. The second kappa shape index (κ2) is 9.03. The fourth-order valence-electron chi connectivity index (χ4n) is 3.51. The first kappa shape index (κ1) is 19.4. The molecule has 1 aromatic heterocycles. The van der Waals surface area contributed by atoms with E-state index < -0.39 is 0 Å². The summed E-state index contributed by atoms with van der Waals surface area (Å²) in [5.41, 5.74) is 4.49. The van der Waals surface area contributed by atoms with E-state index in [1.54, 1.807) is 6.07 Å². The minimum Gasteiger partial charge on any atom is -0.379 e. The van der Waals surface area contributed by atoms with Crippen LogP contribution in [-0.2, 0) is 4.74 Å². The van der Waals surface area contributed by atoms with Crippen LogP contribution in [0.1, 0.15) is 27.7 Å². The highest BCUT2D eigenvalue weighted by Gasteiger charge is 2.22. The molecule has 1 amide bonds. The number of ether oxygens (including phenoxy) is 1. The van der Waals surface area contributed by atoms with Crippen molar-refractivity contribution in [3.63, 3.8) is 0 Å². The van der Waals surface area contributed by atoms with Crippen LogP contribution in [-0.4, -0.2) is 53.9 Å². The molecule has 1 fully saturated rings. The zero-order valence-corrected chi connectivity index (χ0v) is 16.6. The lowest BCUT2D eigenvalue weighted by molar-refractivity contribution is 0.0332. The highest BCUT2D eigenvalue weighted by Crippen LogP contribution is 2.19. The number of rotatable bonds is 6. The molecule has 0 aliphatic carbocycles. The van der Waals surface area contributed by atoms with E-state index in [-0.39, 0.29) is 11.9 Å².